The van der Waals surface area contributed by atoms with Crippen LogP contribution in [0.5, 0.6) is 11.5 Å². The number of para-hydroxylation sites is 1. The van der Waals surface area contributed by atoms with Crippen LogP contribution in [0.4, 0.5) is 10.5 Å². The number of nitrogens with one attached hydrogen (secondary N) is 1. The molecule has 1 N–H and O–H groups in total. The maximum atomic E-state index is 13.5. The highest BCUT2D eigenvalue weighted by Gasteiger charge is 2.33. The van der Waals surface area contributed by atoms with Gasteiger partial charge in [0.05, 0.1) is 32.5 Å². The number of benzene rings is 2. The molecule has 0 spiro atoms. The Morgan fingerprint density at radius 3 is 2.53 bits per heavy atom. The fourth-order valence-corrected chi connectivity index (χ4v) is 4.18. The Labute approximate surface area is 177 Å². The Morgan fingerprint density at radius 2 is 1.80 bits per heavy atom. The lowest BCUT2D eigenvalue weighted by Crippen LogP contribution is -2.39. The number of fused-ring (bicyclic) bond motifs is 3. The van der Waals surface area contributed by atoms with Gasteiger partial charge in [-0.3, -0.25) is 0 Å². The van der Waals surface area contributed by atoms with Crippen molar-refractivity contribution >= 4 is 11.7 Å². The van der Waals surface area contributed by atoms with Crippen molar-refractivity contribution in [3.05, 3.63) is 72.1 Å². The second kappa shape index (κ2) is 8.14. The van der Waals surface area contributed by atoms with Crippen LogP contribution in [0.3, 0.4) is 0 Å². The van der Waals surface area contributed by atoms with E-state index < -0.39 is 0 Å². The van der Waals surface area contributed by atoms with Gasteiger partial charge in [-0.25, -0.2) is 4.79 Å². The first-order valence-electron chi connectivity index (χ1n) is 10.1. The van der Waals surface area contributed by atoms with E-state index >= 15 is 0 Å². The molecule has 1 aromatic heterocycles. The lowest BCUT2D eigenvalue weighted by molar-refractivity contribution is 0.162. The van der Waals surface area contributed by atoms with E-state index in [0.29, 0.717) is 23.7 Å². The maximum absolute atomic E-state index is 13.5. The van der Waals surface area contributed by atoms with Crippen LogP contribution in [0, 0.1) is 5.92 Å². The van der Waals surface area contributed by atoms with Gasteiger partial charge < -0.3 is 24.3 Å². The molecule has 3 aromatic rings. The topological polar surface area (TPSA) is 55.7 Å². The number of amides is 2. The Kier molecular flexibility index (Phi) is 5.40. The smallest absolute Gasteiger partial charge is 0.322 e. The molecule has 1 aliphatic rings. The predicted octanol–water partition coefficient (Wildman–Crippen LogP) is 5.24. The molecular formula is C24H27N3O3. The average Bonchev–Trinajstić information content (AvgIpc) is 3.17. The summed E-state index contributed by atoms with van der Waals surface area (Å²) in [7, 11) is 3.17. The average molecular weight is 405 g/mol. The van der Waals surface area contributed by atoms with Gasteiger partial charge in [-0.05, 0) is 41.8 Å². The number of hydrogen-bond donors (Lipinski definition) is 1. The summed E-state index contributed by atoms with van der Waals surface area (Å²) < 4.78 is 12.9. The van der Waals surface area contributed by atoms with Crippen LogP contribution in [0.2, 0.25) is 0 Å². The Morgan fingerprint density at radius 1 is 1.03 bits per heavy atom. The number of carbonyl (C=O) groups excluding carboxylic acids is 1. The van der Waals surface area contributed by atoms with Crippen molar-refractivity contribution in [1.82, 2.24) is 9.47 Å². The van der Waals surface area contributed by atoms with E-state index in [1.807, 2.05) is 29.2 Å². The Hall–Kier alpha value is -3.41. The summed E-state index contributed by atoms with van der Waals surface area (Å²) >= 11 is 0. The molecule has 1 aliphatic heterocycles. The van der Waals surface area contributed by atoms with Crippen LogP contribution in [0.25, 0.3) is 5.69 Å². The first-order chi connectivity index (χ1) is 14.5. The summed E-state index contributed by atoms with van der Waals surface area (Å²) in [5, 5.41) is 3.05. The third-order valence-corrected chi connectivity index (χ3v) is 5.54. The van der Waals surface area contributed by atoms with E-state index in [2.05, 4.69) is 48.1 Å². The van der Waals surface area contributed by atoms with Crippen LogP contribution < -0.4 is 14.8 Å². The largest absolute Gasteiger partial charge is 0.493 e. The minimum atomic E-state index is -0.148. The summed E-state index contributed by atoms with van der Waals surface area (Å²) in [4.78, 5) is 15.4. The number of rotatable bonds is 4. The van der Waals surface area contributed by atoms with E-state index in [-0.39, 0.29) is 18.0 Å². The molecule has 0 saturated heterocycles. The molecular weight excluding hydrogens is 378 g/mol. The number of anilines is 1. The first kappa shape index (κ1) is 19.9. The van der Waals surface area contributed by atoms with E-state index in [9.17, 15) is 4.79 Å². The van der Waals surface area contributed by atoms with Crippen molar-refractivity contribution in [2.24, 2.45) is 5.92 Å². The van der Waals surface area contributed by atoms with Crippen molar-refractivity contribution in [2.45, 2.75) is 26.4 Å². The zero-order chi connectivity index (χ0) is 21.3. The molecule has 30 heavy (non-hydrogen) atoms. The van der Waals surface area contributed by atoms with Crippen molar-refractivity contribution in [3.63, 3.8) is 0 Å². The van der Waals surface area contributed by atoms with E-state index in [4.69, 9.17) is 9.47 Å². The van der Waals surface area contributed by atoms with Gasteiger partial charge in [0.15, 0.2) is 11.5 Å². The van der Waals surface area contributed by atoms with Gasteiger partial charge >= 0.3 is 6.03 Å². The molecule has 0 bridgehead atoms. The number of carbonyl (C=O) groups is 1. The molecule has 0 fully saturated rings. The molecule has 0 aliphatic carbocycles. The van der Waals surface area contributed by atoms with Crippen LogP contribution >= 0.6 is 0 Å². The Balaban J connectivity index is 1.71. The van der Waals surface area contributed by atoms with Gasteiger partial charge in [-0.2, -0.15) is 0 Å². The molecule has 156 valence electrons. The minimum absolute atomic E-state index is 0.0625. The third-order valence-electron chi connectivity index (χ3n) is 5.54. The SMILES string of the molecule is COc1ccc(NC(=O)N2Cc3ccccc3-n3cccc3[C@@H]2C(C)C)cc1OC. The molecule has 0 saturated carbocycles. The zero-order valence-corrected chi connectivity index (χ0v) is 17.8. The number of nitrogens with zero attached hydrogens (tertiary/aromatic N) is 2. The molecule has 2 aromatic carbocycles. The minimum Gasteiger partial charge on any atom is -0.493 e. The zero-order valence-electron chi connectivity index (χ0n) is 17.8. The third kappa shape index (κ3) is 3.49. The number of methoxy groups -OCH3 is 2. The summed E-state index contributed by atoms with van der Waals surface area (Å²) in [5.74, 6) is 1.44. The molecule has 6 heteroatoms. The number of hydrogen-bond acceptors (Lipinski definition) is 3. The van der Waals surface area contributed by atoms with E-state index in [1.54, 1.807) is 26.4 Å². The standard InChI is InChI=1S/C24H27N3O3/c1-16(2)23-20-10-7-13-26(20)19-9-6-5-8-17(19)15-27(23)24(28)25-18-11-12-21(29-3)22(14-18)30-4/h5-14,16,23H,15H2,1-4H3,(H,25,28)/t23-/m0/s1. The van der Waals surface area contributed by atoms with Crippen LogP contribution in [-0.4, -0.2) is 29.7 Å². The summed E-state index contributed by atoms with van der Waals surface area (Å²) in [5.41, 5.74) is 4.00. The summed E-state index contributed by atoms with van der Waals surface area (Å²) in [6, 6.07) is 17.5. The lowest BCUT2D eigenvalue weighted by atomic mass is 9.99. The second-order valence-electron chi connectivity index (χ2n) is 7.75. The number of aromatic nitrogens is 1. The molecule has 2 amide bonds. The molecule has 0 unspecified atom stereocenters. The fraction of sp³-hybridized carbons (Fsp3) is 0.292. The quantitative estimate of drug-likeness (QED) is 0.646. The second-order valence-corrected chi connectivity index (χ2v) is 7.75. The first-order valence-corrected chi connectivity index (χ1v) is 10.1. The van der Waals surface area contributed by atoms with Gasteiger partial charge in [0.2, 0.25) is 0 Å². The molecule has 1 atom stereocenters. The van der Waals surface area contributed by atoms with Crippen LogP contribution in [-0.2, 0) is 6.54 Å². The van der Waals surface area contributed by atoms with Crippen LogP contribution in [0.1, 0.15) is 31.1 Å². The van der Waals surface area contributed by atoms with Gasteiger partial charge in [-0.1, -0.05) is 32.0 Å². The predicted molar refractivity (Wildman–Crippen MR) is 117 cm³/mol. The number of ether oxygens (including phenoxy) is 2. The normalized spacial score (nSPS) is 15.2. The highest BCUT2D eigenvalue weighted by molar-refractivity contribution is 5.90. The van der Waals surface area contributed by atoms with Gasteiger partial charge in [-0.15, -0.1) is 0 Å². The maximum Gasteiger partial charge on any atom is 0.322 e. The molecule has 0 radical (unpaired) electrons. The van der Waals surface area contributed by atoms with Crippen molar-refractivity contribution in [1.29, 1.82) is 0 Å². The molecule has 2 heterocycles. The summed E-state index contributed by atoms with van der Waals surface area (Å²) in [6.45, 7) is 4.82. The molecule has 6 nitrogen and oxygen atoms in total. The highest BCUT2D eigenvalue weighted by atomic mass is 16.5. The van der Waals surface area contributed by atoms with Crippen LogP contribution in [0.15, 0.2) is 60.8 Å². The molecule has 4 rings (SSSR count). The van der Waals surface area contributed by atoms with Gasteiger partial charge in [0.25, 0.3) is 0 Å². The highest BCUT2D eigenvalue weighted by Crippen LogP contribution is 2.37. The van der Waals surface area contributed by atoms with Crippen molar-refractivity contribution < 1.29 is 14.3 Å². The van der Waals surface area contributed by atoms with Gasteiger partial charge in [0.1, 0.15) is 0 Å². The van der Waals surface area contributed by atoms with Gasteiger partial charge in [0, 0.05) is 23.6 Å². The monoisotopic (exact) mass is 405 g/mol. The van der Waals surface area contributed by atoms with Crippen molar-refractivity contribution in [3.8, 4) is 17.2 Å². The Bertz CT molecular complexity index is 1060. The summed E-state index contributed by atoms with van der Waals surface area (Å²) in [6.07, 6.45) is 2.07. The number of urea groups is 1. The lowest BCUT2D eigenvalue weighted by Gasteiger charge is -2.33. The van der Waals surface area contributed by atoms with Crippen molar-refractivity contribution in [2.75, 3.05) is 19.5 Å². The van der Waals surface area contributed by atoms with E-state index in [1.165, 1.54) is 0 Å². The fourth-order valence-electron chi connectivity index (χ4n) is 4.18. The van der Waals surface area contributed by atoms with E-state index in [0.717, 1.165) is 16.9 Å².